The Labute approximate surface area is 215 Å². The summed E-state index contributed by atoms with van der Waals surface area (Å²) >= 11 is 0. The quantitative estimate of drug-likeness (QED) is 0.452. The normalized spacial score (nSPS) is 16.1. The maximum Gasteiger partial charge on any atom is 0.271 e. The summed E-state index contributed by atoms with van der Waals surface area (Å²) in [5.74, 6) is -0.200. The Bertz CT molecular complexity index is 1280. The number of aromatic nitrogens is 1. The number of nitrogens with one attached hydrogen (secondary N) is 1. The molecule has 2 unspecified atom stereocenters. The Morgan fingerprint density at radius 1 is 1.16 bits per heavy atom. The van der Waals surface area contributed by atoms with E-state index in [1.165, 1.54) is 18.3 Å². The number of carbonyl (C=O) groups is 2. The summed E-state index contributed by atoms with van der Waals surface area (Å²) in [5.41, 5.74) is 3.27. The Balaban J connectivity index is 1.78. The zero-order valence-corrected chi connectivity index (χ0v) is 21.0. The molecule has 0 aliphatic carbocycles. The number of amides is 2. The molecule has 1 aromatic heterocycles. The highest BCUT2D eigenvalue weighted by Crippen LogP contribution is 2.33. The van der Waals surface area contributed by atoms with E-state index in [0.29, 0.717) is 29.0 Å². The van der Waals surface area contributed by atoms with Crippen LogP contribution in [0.15, 0.2) is 72.0 Å². The molecule has 2 amide bonds. The number of benzene rings is 2. The second-order valence-corrected chi connectivity index (χ2v) is 8.65. The molecule has 9 heteroatoms. The van der Waals surface area contributed by atoms with E-state index in [0.717, 1.165) is 5.56 Å². The molecule has 3 aromatic rings. The van der Waals surface area contributed by atoms with Crippen molar-refractivity contribution in [1.29, 1.82) is 0 Å². The van der Waals surface area contributed by atoms with Crippen molar-refractivity contribution in [3.8, 4) is 11.5 Å². The highest BCUT2D eigenvalue weighted by molar-refractivity contribution is 6.06. The molecule has 0 saturated carbocycles. The number of rotatable bonds is 9. The van der Waals surface area contributed by atoms with Gasteiger partial charge in [0.2, 0.25) is 12.8 Å². The van der Waals surface area contributed by atoms with Crippen molar-refractivity contribution in [2.45, 2.75) is 32.9 Å². The zero-order valence-electron chi connectivity index (χ0n) is 21.0. The van der Waals surface area contributed by atoms with Crippen LogP contribution in [0.25, 0.3) is 0 Å². The minimum Gasteiger partial charge on any atom is -0.493 e. The molecule has 1 aliphatic heterocycles. The SMILES string of the molecule is CCC1CC(=O)N(C(NC(=O)c2ccccn2)c2ccc(C)cc2)N=C1c1ccc(OC)c(OCF)c1. The smallest absolute Gasteiger partial charge is 0.271 e. The molecular weight excluding hydrogens is 475 g/mol. The van der Waals surface area contributed by atoms with Crippen molar-refractivity contribution in [2.24, 2.45) is 11.0 Å². The van der Waals surface area contributed by atoms with Gasteiger partial charge in [0, 0.05) is 24.1 Å². The lowest BCUT2D eigenvalue weighted by atomic mass is 9.89. The van der Waals surface area contributed by atoms with Gasteiger partial charge in [0.1, 0.15) is 5.69 Å². The Morgan fingerprint density at radius 3 is 2.59 bits per heavy atom. The fraction of sp³-hybridized carbons (Fsp3) is 0.286. The number of carbonyl (C=O) groups excluding carboxylic acids is 2. The standard InChI is InChI=1S/C28H29FN4O4/c1-4-19-16-25(34)33(32-26(19)21-12-13-23(36-3)24(15-21)37-17-29)27(20-10-8-18(2)9-11-20)31-28(35)22-7-5-6-14-30-22/h5-15,19,27H,4,16-17H2,1-3H3,(H,31,35). The van der Waals surface area contributed by atoms with Crippen LogP contribution >= 0.6 is 0 Å². The van der Waals surface area contributed by atoms with Crippen LogP contribution in [0.4, 0.5) is 4.39 Å². The monoisotopic (exact) mass is 504 g/mol. The largest absolute Gasteiger partial charge is 0.493 e. The number of ether oxygens (including phenoxy) is 2. The van der Waals surface area contributed by atoms with Gasteiger partial charge in [-0.1, -0.05) is 42.8 Å². The topological polar surface area (TPSA) is 93.1 Å². The molecule has 0 spiro atoms. The van der Waals surface area contributed by atoms with Crippen molar-refractivity contribution in [1.82, 2.24) is 15.3 Å². The number of pyridine rings is 1. The Hall–Kier alpha value is -4.27. The third-order valence-corrected chi connectivity index (χ3v) is 6.24. The van der Waals surface area contributed by atoms with E-state index < -0.39 is 18.9 Å². The number of hydrogen-bond donors (Lipinski definition) is 1. The highest BCUT2D eigenvalue weighted by Gasteiger charge is 2.35. The minimum absolute atomic E-state index is 0.166. The molecule has 0 bridgehead atoms. The fourth-order valence-corrected chi connectivity index (χ4v) is 4.22. The van der Waals surface area contributed by atoms with Gasteiger partial charge in [-0.05, 0) is 49.2 Å². The molecule has 0 fully saturated rings. The first-order valence-corrected chi connectivity index (χ1v) is 12.0. The van der Waals surface area contributed by atoms with Crippen LogP contribution in [0.5, 0.6) is 11.5 Å². The number of alkyl halides is 1. The average Bonchev–Trinajstić information content (AvgIpc) is 2.93. The number of halogens is 1. The number of hydrogen-bond acceptors (Lipinski definition) is 6. The molecule has 1 N–H and O–H groups in total. The summed E-state index contributed by atoms with van der Waals surface area (Å²) in [6.45, 7) is 2.93. The zero-order chi connectivity index (χ0) is 26.4. The van der Waals surface area contributed by atoms with E-state index in [1.807, 2.05) is 38.1 Å². The van der Waals surface area contributed by atoms with Gasteiger partial charge in [-0.2, -0.15) is 5.10 Å². The first kappa shape index (κ1) is 25.8. The molecule has 0 radical (unpaired) electrons. The second kappa shape index (κ2) is 11.6. The summed E-state index contributed by atoms with van der Waals surface area (Å²) in [6, 6.07) is 17.7. The van der Waals surface area contributed by atoms with Crippen LogP contribution in [0.1, 0.15) is 53.1 Å². The van der Waals surface area contributed by atoms with Crippen LogP contribution in [0.3, 0.4) is 0 Å². The molecule has 8 nitrogen and oxygen atoms in total. The third-order valence-electron chi connectivity index (χ3n) is 6.24. The van der Waals surface area contributed by atoms with Crippen molar-refractivity contribution in [3.05, 3.63) is 89.2 Å². The second-order valence-electron chi connectivity index (χ2n) is 8.65. The molecule has 2 heterocycles. The van der Waals surface area contributed by atoms with Crippen molar-refractivity contribution in [3.63, 3.8) is 0 Å². The van der Waals surface area contributed by atoms with E-state index in [-0.39, 0.29) is 29.7 Å². The number of aryl methyl sites for hydroxylation is 1. The Kier molecular flexibility index (Phi) is 8.12. The minimum atomic E-state index is -1.01. The lowest BCUT2D eigenvalue weighted by molar-refractivity contribution is -0.135. The predicted octanol–water partition coefficient (Wildman–Crippen LogP) is 4.80. The van der Waals surface area contributed by atoms with Crippen LogP contribution in [0.2, 0.25) is 0 Å². The van der Waals surface area contributed by atoms with Gasteiger partial charge < -0.3 is 14.8 Å². The summed E-state index contributed by atoms with van der Waals surface area (Å²) < 4.78 is 23.4. The van der Waals surface area contributed by atoms with Gasteiger partial charge >= 0.3 is 0 Å². The van der Waals surface area contributed by atoms with Crippen LogP contribution in [-0.2, 0) is 4.79 Å². The molecular formula is C28H29FN4O4. The highest BCUT2D eigenvalue weighted by atomic mass is 19.1. The third kappa shape index (κ3) is 5.77. The lowest BCUT2D eigenvalue weighted by Gasteiger charge is -2.35. The van der Waals surface area contributed by atoms with Crippen LogP contribution in [-0.4, -0.2) is 41.5 Å². The van der Waals surface area contributed by atoms with Gasteiger partial charge in [-0.3, -0.25) is 14.6 Å². The molecule has 1 aliphatic rings. The van der Waals surface area contributed by atoms with E-state index >= 15 is 0 Å². The Morgan fingerprint density at radius 2 is 1.95 bits per heavy atom. The summed E-state index contributed by atoms with van der Waals surface area (Å²) in [6.07, 6.45) is 1.53. The van der Waals surface area contributed by atoms with Gasteiger partial charge in [0.15, 0.2) is 17.7 Å². The van der Waals surface area contributed by atoms with Crippen LogP contribution < -0.4 is 14.8 Å². The number of hydrazone groups is 1. The van der Waals surface area contributed by atoms with E-state index in [1.54, 1.807) is 36.4 Å². The van der Waals surface area contributed by atoms with E-state index in [9.17, 15) is 14.0 Å². The maximum atomic E-state index is 13.4. The number of nitrogens with zero attached hydrogens (tertiary/aromatic N) is 3. The molecule has 37 heavy (non-hydrogen) atoms. The summed E-state index contributed by atoms with van der Waals surface area (Å²) in [7, 11) is 1.48. The van der Waals surface area contributed by atoms with Crippen molar-refractivity contribution in [2.75, 3.05) is 14.0 Å². The summed E-state index contributed by atoms with van der Waals surface area (Å²) in [5, 5.41) is 9.00. The lowest BCUT2D eigenvalue weighted by Crippen LogP contribution is -2.46. The van der Waals surface area contributed by atoms with Crippen LogP contribution in [0, 0.1) is 12.8 Å². The molecule has 0 saturated heterocycles. The molecule has 2 atom stereocenters. The van der Waals surface area contributed by atoms with Crippen molar-refractivity contribution >= 4 is 17.5 Å². The molecule has 192 valence electrons. The van der Waals surface area contributed by atoms with Gasteiger partial charge in [-0.15, -0.1) is 0 Å². The van der Waals surface area contributed by atoms with Gasteiger partial charge in [0.25, 0.3) is 5.91 Å². The first-order valence-electron chi connectivity index (χ1n) is 12.0. The maximum absolute atomic E-state index is 13.4. The first-order chi connectivity index (χ1) is 17.9. The average molecular weight is 505 g/mol. The summed E-state index contributed by atoms with van der Waals surface area (Å²) in [4.78, 5) is 30.6. The van der Waals surface area contributed by atoms with E-state index in [2.05, 4.69) is 10.3 Å². The number of methoxy groups -OCH3 is 1. The van der Waals surface area contributed by atoms with Gasteiger partial charge in [0.05, 0.1) is 12.8 Å². The van der Waals surface area contributed by atoms with E-state index in [4.69, 9.17) is 14.6 Å². The molecule has 2 aromatic carbocycles. The van der Waals surface area contributed by atoms with Crippen molar-refractivity contribution < 1.29 is 23.5 Å². The fourth-order valence-electron chi connectivity index (χ4n) is 4.22. The molecule has 4 rings (SSSR count). The van der Waals surface area contributed by atoms with Gasteiger partial charge in [-0.25, -0.2) is 9.40 Å². The predicted molar refractivity (Wildman–Crippen MR) is 137 cm³/mol.